The molecule has 134 valence electrons. The predicted molar refractivity (Wildman–Crippen MR) is 106 cm³/mol. The number of aryl methyl sites for hydroxylation is 1. The Morgan fingerprint density at radius 1 is 1.23 bits per heavy atom. The van der Waals surface area contributed by atoms with E-state index in [0.717, 1.165) is 24.0 Å². The van der Waals surface area contributed by atoms with Crippen molar-refractivity contribution in [3.8, 4) is 0 Å². The van der Waals surface area contributed by atoms with Crippen molar-refractivity contribution >= 4 is 17.3 Å². The van der Waals surface area contributed by atoms with Gasteiger partial charge in [-0.1, -0.05) is 17.7 Å². The minimum atomic E-state index is -0.166. The lowest BCUT2D eigenvalue weighted by Crippen LogP contribution is -2.14. The van der Waals surface area contributed by atoms with Crippen LogP contribution in [0.2, 0.25) is 0 Å². The highest BCUT2D eigenvalue weighted by molar-refractivity contribution is 6.04. The molecule has 2 aromatic rings. The van der Waals surface area contributed by atoms with Gasteiger partial charge < -0.3 is 5.32 Å². The van der Waals surface area contributed by atoms with Crippen LogP contribution in [0, 0.1) is 12.8 Å². The van der Waals surface area contributed by atoms with Gasteiger partial charge in [-0.3, -0.25) is 9.78 Å². The van der Waals surface area contributed by atoms with Crippen LogP contribution in [-0.4, -0.2) is 15.9 Å². The van der Waals surface area contributed by atoms with Crippen molar-refractivity contribution in [1.29, 1.82) is 0 Å². The maximum Gasteiger partial charge on any atom is 0.257 e. The van der Waals surface area contributed by atoms with Gasteiger partial charge in [-0.25, -0.2) is 4.98 Å². The average molecular weight is 347 g/mol. The van der Waals surface area contributed by atoms with Crippen LogP contribution in [-0.2, 0) is 0 Å². The molecular formula is C22H25N3O. The lowest BCUT2D eigenvalue weighted by molar-refractivity contribution is 0.102. The highest BCUT2D eigenvalue weighted by Gasteiger charge is 2.20. The monoisotopic (exact) mass is 347 g/mol. The molecule has 0 aromatic carbocycles. The van der Waals surface area contributed by atoms with Gasteiger partial charge >= 0.3 is 0 Å². The van der Waals surface area contributed by atoms with Crippen LogP contribution in [0.15, 0.2) is 54.5 Å². The highest BCUT2D eigenvalue weighted by atomic mass is 16.1. The normalized spacial score (nSPS) is 17.1. The van der Waals surface area contributed by atoms with Gasteiger partial charge in [0.2, 0.25) is 0 Å². The summed E-state index contributed by atoms with van der Waals surface area (Å²) in [6.07, 6.45) is 8.46. The Bertz CT molecular complexity index is 865. The van der Waals surface area contributed by atoms with Gasteiger partial charge in [-0.15, -0.1) is 0 Å². The second-order valence-electron chi connectivity index (χ2n) is 7.12. The minimum absolute atomic E-state index is 0.166. The number of carbonyl (C=O) groups is 1. The van der Waals surface area contributed by atoms with E-state index in [1.165, 1.54) is 23.1 Å². The van der Waals surface area contributed by atoms with Crippen LogP contribution in [0.4, 0.5) is 5.82 Å². The molecule has 0 bridgehead atoms. The number of hydrogen-bond donors (Lipinski definition) is 1. The minimum Gasteiger partial charge on any atom is -0.307 e. The van der Waals surface area contributed by atoms with E-state index in [9.17, 15) is 4.79 Å². The van der Waals surface area contributed by atoms with E-state index in [0.29, 0.717) is 17.3 Å². The summed E-state index contributed by atoms with van der Waals surface area (Å²) in [5, 5.41) is 2.86. The third-order valence-electron chi connectivity index (χ3n) is 5.15. The van der Waals surface area contributed by atoms with Crippen molar-refractivity contribution < 1.29 is 4.79 Å². The molecule has 3 rings (SSSR count). The third kappa shape index (κ3) is 3.90. The molecule has 26 heavy (non-hydrogen) atoms. The molecule has 4 nitrogen and oxygen atoms in total. The standard InChI is InChI=1S/C22H25N3O/c1-14(2)17-6-5-15(3)20(11-17)18-7-8-21(24-13-18)25-22(26)19-9-10-23-12-16(19)4/h7-10,12-13,17H,1,5-6,11H2,2-4H3,(H,24,25,26)/t17-/m0/s1. The first-order valence-corrected chi connectivity index (χ1v) is 8.98. The summed E-state index contributed by atoms with van der Waals surface area (Å²) >= 11 is 0. The number of hydrogen-bond acceptors (Lipinski definition) is 3. The van der Waals surface area contributed by atoms with Gasteiger partial charge in [0.15, 0.2) is 0 Å². The molecule has 1 aliphatic rings. The number of aromatic nitrogens is 2. The Morgan fingerprint density at radius 2 is 2.04 bits per heavy atom. The van der Waals surface area contributed by atoms with Gasteiger partial charge in [0.05, 0.1) is 0 Å². The zero-order valence-electron chi connectivity index (χ0n) is 15.7. The molecule has 0 aliphatic heterocycles. The fourth-order valence-corrected chi connectivity index (χ4v) is 3.41. The maximum atomic E-state index is 12.4. The van der Waals surface area contributed by atoms with Gasteiger partial charge in [0, 0.05) is 24.2 Å². The molecule has 4 heteroatoms. The SMILES string of the molecule is C=C(C)[C@H]1CCC(C)=C(c2ccc(NC(=O)c3ccncc3C)nc2)C1. The topological polar surface area (TPSA) is 54.9 Å². The van der Waals surface area contributed by atoms with E-state index in [1.54, 1.807) is 18.5 Å². The first kappa shape index (κ1) is 18.1. The molecule has 1 atom stereocenters. The Kier molecular flexibility index (Phi) is 5.31. The lowest BCUT2D eigenvalue weighted by atomic mass is 9.79. The molecule has 0 unspecified atom stereocenters. The summed E-state index contributed by atoms with van der Waals surface area (Å²) in [7, 11) is 0. The molecular weight excluding hydrogens is 322 g/mol. The second-order valence-corrected chi connectivity index (χ2v) is 7.12. The molecule has 1 N–H and O–H groups in total. The Balaban J connectivity index is 1.75. The van der Waals surface area contributed by atoms with Crippen molar-refractivity contribution in [3.05, 3.63) is 71.2 Å². The Hall–Kier alpha value is -2.75. The zero-order chi connectivity index (χ0) is 18.7. The van der Waals surface area contributed by atoms with Gasteiger partial charge in [0.1, 0.15) is 5.82 Å². The van der Waals surface area contributed by atoms with Crippen LogP contribution in [0.5, 0.6) is 0 Å². The van der Waals surface area contributed by atoms with Crippen molar-refractivity contribution in [2.75, 3.05) is 5.32 Å². The maximum absolute atomic E-state index is 12.4. The first-order chi connectivity index (χ1) is 12.5. The summed E-state index contributed by atoms with van der Waals surface area (Å²) in [4.78, 5) is 20.9. The molecule has 1 aliphatic carbocycles. The quantitative estimate of drug-likeness (QED) is 0.775. The van der Waals surface area contributed by atoms with E-state index in [-0.39, 0.29) is 5.91 Å². The number of pyridine rings is 2. The van der Waals surface area contributed by atoms with Gasteiger partial charge in [-0.05, 0) is 80.9 Å². The largest absolute Gasteiger partial charge is 0.307 e. The lowest BCUT2D eigenvalue weighted by Gasteiger charge is -2.26. The molecule has 0 fully saturated rings. The summed E-state index contributed by atoms with van der Waals surface area (Å²) in [6, 6.07) is 5.63. The van der Waals surface area contributed by atoms with Crippen molar-refractivity contribution in [2.24, 2.45) is 5.92 Å². The highest BCUT2D eigenvalue weighted by Crippen LogP contribution is 2.38. The zero-order valence-corrected chi connectivity index (χ0v) is 15.7. The number of nitrogens with zero attached hydrogens (tertiary/aromatic N) is 2. The fraction of sp³-hybridized carbons (Fsp3) is 0.318. The fourth-order valence-electron chi connectivity index (χ4n) is 3.41. The average Bonchev–Trinajstić information content (AvgIpc) is 2.63. The van der Waals surface area contributed by atoms with E-state index < -0.39 is 0 Å². The van der Waals surface area contributed by atoms with E-state index in [1.807, 2.05) is 25.3 Å². The third-order valence-corrected chi connectivity index (χ3v) is 5.15. The summed E-state index contributed by atoms with van der Waals surface area (Å²) in [5.74, 6) is 0.934. The number of carbonyl (C=O) groups excluding carboxylic acids is 1. The van der Waals surface area contributed by atoms with Crippen molar-refractivity contribution in [3.63, 3.8) is 0 Å². The number of rotatable bonds is 4. The number of amides is 1. The predicted octanol–water partition coefficient (Wildman–Crippen LogP) is 5.19. The summed E-state index contributed by atoms with van der Waals surface area (Å²) in [5.41, 5.74) is 6.62. The van der Waals surface area contributed by atoms with Crippen molar-refractivity contribution in [1.82, 2.24) is 9.97 Å². The van der Waals surface area contributed by atoms with E-state index in [2.05, 4.69) is 35.7 Å². The van der Waals surface area contributed by atoms with E-state index >= 15 is 0 Å². The van der Waals surface area contributed by atoms with Gasteiger partial charge in [0.25, 0.3) is 5.91 Å². The first-order valence-electron chi connectivity index (χ1n) is 8.98. The van der Waals surface area contributed by atoms with Crippen LogP contribution in [0.3, 0.4) is 0 Å². The van der Waals surface area contributed by atoms with Crippen LogP contribution >= 0.6 is 0 Å². The van der Waals surface area contributed by atoms with Crippen LogP contribution in [0.25, 0.3) is 5.57 Å². The molecule has 1 amide bonds. The molecule has 2 heterocycles. The van der Waals surface area contributed by atoms with Crippen LogP contribution in [0.1, 0.15) is 54.6 Å². The number of nitrogens with one attached hydrogen (secondary N) is 1. The molecule has 0 radical (unpaired) electrons. The molecule has 0 spiro atoms. The number of anilines is 1. The second kappa shape index (κ2) is 7.65. The number of allylic oxidation sites excluding steroid dienone is 3. The smallest absolute Gasteiger partial charge is 0.257 e. The van der Waals surface area contributed by atoms with Crippen LogP contribution < -0.4 is 5.32 Å². The van der Waals surface area contributed by atoms with Crippen molar-refractivity contribution in [2.45, 2.75) is 40.0 Å². The summed E-state index contributed by atoms with van der Waals surface area (Å²) < 4.78 is 0. The molecule has 0 saturated carbocycles. The Labute approximate surface area is 155 Å². The molecule has 2 aromatic heterocycles. The Morgan fingerprint density at radius 3 is 2.69 bits per heavy atom. The van der Waals surface area contributed by atoms with Gasteiger partial charge in [-0.2, -0.15) is 0 Å². The summed E-state index contributed by atoms with van der Waals surface area (Å²) in [6.45, 7) is 10.3. The van der Waals surface area contributed by atoms with E-state index in [4.69, 9.17) is 0 Å². The molecule has 0 saturated heterocycles.